The molecule has 0 radical (unpaired) electrons. The van der Waals surface area contributed by atoms with Gasteiger partial charge in [-0.3, -0.25) is 9.59 Å². The molecule has 5 atom stereocenters. The van der Waals surface area contributed by atoms with E-state index in [1.165, 1.54) is 4.90 Å². The van der Waals surface area contributed by atoms with E-state index < -0.39 is 30.7 Å². The summed E-state index contributed by atoms with van der Waals surface area (Å²) in [5.41, 5.74) is -0.272. The number of piperazine rings is 1. The molecule has 5 nitrogen and oxygen atoms in total. The van der Waals surface area contributed by atoms with E-state index in [9.17, 15) is 14.9 Å². The number of fused-ring (bicyclic) bond motifs is 1. The number of rotatable bonds is 1. The maximum Gasteiger partial charge on any atom is 0.261 e. The summed E-state index contributed by atoms with van der Waals surface area (Å²) >= 11 is 17.9. The van der Waals surface area contributed by atoms with E-state index >= 15 is 0 Å². The topological polar surface area (TPSA) is 64.4 Å². The van der Waals surface area contributed by atoms with Crippen LogP contribution in [0, 0.1) is 16.7 Å². The highest BCUT2D eigenvalue weighted by atomic mass is 35.5. The summed E-state index contributed by atoms with van der Waals surface area (Å²) in [6.45, 7) is 3.50. The molecular weight excluding hydrogens is 413 g/mol. The van der Waals surface area contributed by atoms with Gasteiger partial charge in [0.05, 0.1) is 27.6 Å². The highest BCUT2D eigenvalue weighted by molar-refractivity contribution is 8.31. The van der Waals surface area contributed by atoms with Crippen LogP contribution in [0.1, 0.15) is 31.9 Å². The average Bonchev–Trinajstić information content (AvgIpc) is 3.03. The monoisotopic (exact) mass is 427 g/mol. The molecule has 136 valence electrons. The number of nitrogens with zero attached hydrogens (tertiary/aromatic N) is 3. The highest BCUT2D eigenvalue weighted by Crippen LogP contribution is 2.65. The van der Waals surface area contributed by atoms with Crippen LogP contribution in [0.3, 0.4) is 0 Å². The lowest BCUT2D eigenvalue weighted by atomic mass is 9.79. The minimum Gasteiger partial charge on any atom is -0.320 e. The molecule has 0 aromatic heterocycles. The number of carbonyl (C=O) groups is 2. The lowest BCUT2D eigenvalue weighted by Gasteiger charge is -2.40. The van der Waals surface area contributed by atoms with Gasteiger partial charge in [0.2, 0.25) is 0 Å². The second-order valence-corrected chi connectivity index (χ2v) is 11.2. The molecule has 2 amide bonds. The first-order valence-corrected chi connectivity index (χ1v) is 10.9. The Bertz CT molecular complexity index is 964. The van der Waals surface area contributed by atoms with Crippen LogP contribution in [0.15, 0.2) is 18.2 Å². The molecule has 2 bridgehead atoms. The number of likely N-dealkylation sites (N-methyl/N-ethyl adjacent to an activating group) is 1. The van der Waals surface area contributed by atoms with Gasteiger partial charge in [0.25, 0.3) is 11.8 Å². The van der Waals surface area contributed by atoms with Crippen LogP contribution in [-0.2, 0) is 30.2 Å². The summed E-state index contributed by atoms with van der Waals surface area (Å²) in [5, 5.41) is 10.7. The van der Waals surface area contributed by atoms with Crippen molar-refractivity contribution in [3.05, 3.63) is 33.8 Å². The predicted molar refractivity (Wildman–Crippen MR) is 103 cm³/mol. The molecule has 3 aliphatic rings. The fourth-order valence-electron chi connectivity index (χ4n) is 4.52. The minimum atomic E-state index is -1.14. The third-order valence-electron chi connectivity index (χ3n) is 5.93. The van der Waals surface area contributed by atoms with Gasteiger partial charge in [-0.05, 0) is 42.7 Å². The van der Waals surface area contributed by atoms with Gasteiger partial charge in [-0.2, -0.15) is 5.26 Å². The summed E-state index contributed by atoms with van der Waals surface area (Å²) < 4.78 is 0. The minimum absolute atomic E-state index is 0.179. The van der Waals surface area contributed by atoms with E-state index in [1.54, 1.807) is 44.0 Å². The third kappa shape index (κ3) is 1.74. The molecular formula is C17H15Cl2N3O2S2. The Balaban J connectivity index is 1.98. The first kappa shape index (κ1) is 18.2. The van der Waals surface area contributed by atoms with E-state index in [-0.39, 0.29) is 18.2 Å². The Hall–Kier alpha value is -1.20. The van der Waals surface area contributed by atoms with Crippen LogP contribution in [-0.4, -0.2) is 38.4 Å². The SMILES string of the molecule is CN1C(=O)[C@@]23C[C@](C)(C#N)[C@H](c4ccc(Cl)c(Cl)c4)N2C(=O)[C@]1(C)S3=S. The number of amides is 2. The van der Waals surface area contributed by atoms with Gasteiger partial charge in [0.15, 0.2) is 9.74 Å². The fraction of sp³-hybridized carbons (Fsp3) is 0.471. The summed E-state index contributed by atoms with van der Waals surface area (Å²) in [4.78, 5) is 27.4. The van der Waals surface area contributed by atoms with Crippen LogP contribution in [0.4, 0.5) is 0 Å². The zero-order chi connectivity index (χ0) is 19.2. The number of carbonyl (C=O) groups excluding carboxylic acids is 2. The van der Waals surface area contributed by atoms with Crippen molar-refractivity contribution < 1.29 is 9.59 Å². The molecule has 1 aromatic rings. The number of hydrogen-bond acceptors (Lipinski definition) is 4. The second-order valence-electron chi connectivity index (χ2n) is 7.36. The predicted octanol–water partition coefficient (Wildman–Crippen LogP) is 2.77. The van der Waals surface area contributed by atoms with Gasteiger partial charge in [-0.25, -0.2) is 0 Å². The van der Waals surface area contributed by atoms with Crippen molar-refractivity contribution in [3.63, 3.8) is 0 Å². The smallest absolute Gasteiger partial charge is 0.261 e. The summed E-state index contributed by atoms with van der Waals surface area (Å²) in [5.74, 6) is -0.380. The van der Waals surface area contributed by atoms with Gasteiger partial charge in [-0.1, -0.05) is 38.7 Å². The summed E-state index contributed by atoms with van der Waals surface area (Å²) in [6.07, 6.45) is 0.221. The third-order valence-corrected chi connectivity index (χ3v) is 10.8. The van der Waals surface area contributed by atoms with E-state index in [4.69, 9.17) is 34.4 Å². The maximum atomic E-state index is 13.4. The van der Waals surface area contributed by atoms with E-state index in [2.05, 4.69) is 6.07 Å². The first-order valence-electron chi connectivity index (χ1n) is 7.96. The first-order chi connectivity index (χ1) is 12.1. The second kappa shape index (κ2) is 5.20. The highest BCUT2D eigenvalue weighted by Gasteiger charge is 2.80. The van der Waals surface area contributed by atoms with Crippen LogP contribution in [0.2, 0.25) is 10.0 Å². The Labute approximate surface area is 168 Å². The normalized spacial score (nSPS) is 40.9. The molecule has 4 rings (SSSR count). The Morgan fingerprint density at radius 2 is 1.92 bits per heavy atom. The standard InChI is InChI=1S/C17H15Cl2N3O2S2/c1-15(8-20)7-17-14(24)21(3)16(2,26(17)25)13(23)22(17)12(15)9-4-5-10(18)11(19)6-9/h4-6,12H,7H2,1-3H3/t12-,15+,16-,17-,26?/m0/s1. The van der Waals surface area contributed by atoms with Gasteiger partial charge < -0.3 is 9.80 Å². The Morgan fingerprint density at radius 3 is 2.50 bits per heavy atom. The van der Waals surface area contributed by atoms with E-state index in [0.29, 0.717) is 15.6 Å². The zero-order valence-corrected chi connectivity index (χ0v) is 17.4. The Morgan fingerprint density at radius 1 is 1.27 bits per heavy atom. The fourth-order valence-corrected chi connectivity index (χ4v) is 8.35. The molecule has 3 heterocycles. The van der Waals surface area contributed by atoms with Crippen molar-refractivity contribution in [2.45, 2.75) is 36.1 Å². The lowest BCUT2D eigenvalue weighted by Crippen LogP contribution is -2.60. The van der Waals surface area contributed by atoms with Crippen molar-refractivity contribution in [2.75, 3.05) is 7.05 Å². The molecule has 0 aliphatic carbocycles. The van der Waals surface area contributed by atoms with Crippen molar-refractivity contribution in [3.8, 4) is 6.07 Å². The lowest BCUT2D eigenvalue weighted by molar-refractivity contribution is -0.159. The molecule has 3 aliphatic heterocycles. The summed E-state index contributed by atoms with van der Waals surface area (Å²) in [6, 6.07) is 6.80. The largest absolute Gasteiger partial charge is 0.320 e. The number of halogens is 2. The molecule has 3 fully saturated rings. The number of nitriles is 1. The zero-order valence-electron chi connectivity index (χ0n) is 14.2. The van der Waals surface area contributed by atoms with Crippen molar-refractivity contribution in [1.82, 2.24) is 9.80 Å². The molecule has 26 heavy (non-hydrogen) atoms. The van der Waals surface area contributed by atoms with Crippen LogP contribution in [0.5, 0.6) is 0 Å². The average molecular weight is 428 g/mol. The molecule has 1 aromatic carbocycles. The van der Waals surface area contributed by atoms with Gasteiger partial charge in [-0.15, -0.1) is 0 Å². The molecule has 0 saturated carbocycles. The van der Waals surface area contributed by atoms with E-state index in [0.717, 1.165) is 0 Å². The van der Waals surface area contributed by atoms with Crippen LogP contribution in [0.25, 0.3) is 0 Å². The molecule has 1 spiro atoms. The number of benzene rings is 1. The summed E-state index contributed by atoms with van der Waals surface area (Å²) in [7, 11) is 0.660. The van der Waals surface area contributed by atoms with Gasteiger partial charge >= 0.3 is 0 Å². The van der Waals surface area contributed by atoms with Crippen molar-refractivity contribution >= 4 is 55.7 Å². The molecule has 1 unspecified atom stereocenters. The molecule has 9 heteroatoms. The van der Waals surface area contributed by atoms with Gasteiger partial charge in [0.1, 0.15) is 0 Å². The van der Waals surface area contributed by atoms with Crippen LogP contribution >= 0.6 is 23.2 Å². The van der Waals surface area contributed by atoms with Crippen LogP contribution < -0.4 is 0 Å². The van der Waals surface area contributed by atoms with E-state index in [1.807, 2.05) is 0 Å². The quantitative estimate of drug-likeness (QED) is 0.690. The molecule has 3 saturated heterocycles. The van der Waals surface area contributed by atoms with Crippen molar-refractivity contribution in [1.29, 1.82) is 5.26 Å². The Kier molecular flexibility index (Phi) is 3.63. The van der Waals surface area contributed by atoms with Gasteiger partial charge in [0, 0.05) is 13.5 Å². The number of hydrogen-bond donors (Lipinski definition) is 0. The maximum absolute atomic E-state index is 13.4. The molecule has 0 N–H and O–H groups in total. The van der Waals surface area contributed by atoms with Crippen molar-refractivity contribution in [2.24, 2.45) is 5.41 Å².